The van der Waals surface area contributed by atoms with Gasteiger partial charge in [-0.1, -0.05) is 24.9 Å². The first-order valence-electron chi connectivity index (χ1n) is 6.05. The maximum absolute atomic E-state index is 11.5. The van der Waals surface area contributed by atoms with Crippen molar-refractivity contribution in [3.05, 3.63) is 28.8 Å². The molecule has 1 amide bonds. The monoisotopic (exact) mass is 313 g/mol. The van der Waals surface area contributed by atoms with Crippen LogP contribution >= 0.6 is 23.8 Å². The van der Waals surface area contributed by atoms with Gasteiger partial charge in [0.05, 0.1) is 11.0 Å². The van der Waals surface area contributed by atoms with E-state index in [0.29, 0.717) is 12.1 Å². The minimum absolute atomic E-state index is 0.0371. The molecule has 0 fully saturated rings. The second-order valence-corrected chi connectivity index (χ2v) is 4.90. The predicted octanol–water partition coefficient (Wildman–Crippen LogP) is 1.71. The molecule has 0 radical (unpaired) electrons. The van der Waals surface area contributed by atoms with E-state index in [-0.39, 0.29) is 21.6 Å². The van der Waals surface area contributed by atoms with Gasteiger partial charge in [0.2, 0.25) is 5.91 Å². The van der Waals surface area contributed by atoms with Gasteiger partial charge in [-0.3, -0.25) is 4.79 Å². The van der Waals surface area contributed by atoms with Gasteiger partial charge in [0.25, 0.3) is 0 Å². The van der Waals surface area contributed by atoms with Crippen molar-refractivity contribution in [2.45, 2.75) is 26.2 Å². The molecule has 0 atom stereocenters. The average molecular weight is 314 g/mol. The highest BCUT2D eigenvalue weighted by molar-refractivity contribution is 7.80. The van der Waals surface area contributed by atoms with Crippen LogP contribution in [0.15, 0.2) is 18.2 Å². The number of benzene rings is 1. The summed E-state index contributed by atoms with van der Waals surface area (Å²) in [5, 5.41) is 16.2. The summed E-state index contributed by atoms with van der Waals surface area (Å²) in [6.07, 6.45) is 2.12. The van der Waals surface area contributed by atoms with Crippen LogP contribution in [0.25, 0.3) is 0 Å². The Morgan fingerprint density at radius 2 is 2.10 bits per heavy atom. The number of nitrogens with one attached hydrogen (secondary N) is 2. The number of aromatic carboxylic acids is 1. The van der Waals surface area contributed by atoms with E-state index in [0.717, 1.165) is 12.8 Å². The summed E-state index contributed by atoms with van der Waals surface area (Å²) in [5.74, 6) is -1.52. The van der Waals surface area contributed by atoms with Crippen LogP contribution in [0.2, 0.25) is 5.02 Å². The fraction of sp³-hybridized carbons (Fsp3) is 0.308. The highest BCUT2D eigenvalue weighted by Crippen LogP contribution is 2.20. The third-order valence-corrected chi connectivity index (χ3v) is 2.97. The fourth-order valence-electron chi connectivity index (χ4n) is 1.45. The van der Waals surface area contributed by atoms with Crippen molar-refractivity contribution >= 4 is 46.5 Å². The van der Waals surface area contributed by atoms with E-state index in [9.17, 15) is 14.7 Å². The maximum Gasteiger partial charge on any atom is 0.226 e. The van der Waals surface area contributed by atoms with Crippen LogP contribution in [0.3, 0.4) is 0 Å². The van der Waals surface area contributed by atoms with Crippen LogP contribution in [-0.2, 0) is 4.79 Å². The lowest BCUT2D eigenvalue weighted by atomic mass is 10.2. The molecular weight excluding hydrogens is 300 g/mol. The van der Waals surface area contributed by atoms with Crippen LogP contribution in [0.1, 0.15) is 36.5 Å². The quantitative estimate of drug-likeness (QED) is 0.809. The molecule has 7 heteroatoms. The molecule has 108 valence electrons. The first-order chi connectivity index (χ1) is 9.43. The van der Waals surface area contributed by atoms with Gasteiger partial charge in [-0.25, -0.2) is 0 Å². The summed E-state index contributed by atoms with van der Waals surface area (Å²) in [5.41, 5.74) is 0.385. The molecule has 0 unspecified atom stereocenters. The van der Waals surface area contributed by atoms with E-state index < -0.39 is 5.97 Å². The second kappa shape index (κ2) is 7.81. The third-order valence-electron chi connectivity index (χ3n) is 2.46. The van der Waals surface area contributed by atoms with Crippen molar-refractivity contribution in [1.29, 1.82) is 0 Å². The number of hydrogen-bond acceptors (Lipinski definition) is 4. The number of anilines is 1. The minimum Gasteiger partial charge on any atom is -0.545 e. The van der Waals surface area contributed by atoms with Crippen LogP contribution in [0.4, 0.5) is 5.69 Å². The number of hydrogen-bond donors (Lipinski definition) is 2. The Morgan fingerprint density at radius 1 is 1.40 bits per heavy atom. The molecule has 0 aliphatic carbocycles. The van der Waals surface area contributed by atoms with E-state index >= 15 is 0 Å². The average Bonchev–Trinajstić information content (AvgIpc) is 2.35. The highest BCUT2D eigenvalue weighted by atomic mass is 35.5. The van der Waals surface area contributed by atoms with Gasteiger partial charge in [0.1, 0.15) is 0 Å². The van der Waals surface area contributed by atoms with Crippen molar-refractivity contribution in [2.24, 2.45) is 0 Å². The zero-order valence-corrected chi connectivity index (χ0v) is 12.4. The molecule has 20 heavy (non-hydrogen) atoms. The summed E-state index contributed by atoms with van der Waals surface area (Å²) in [6, 6.07) is 4.19. The summed E-state index contributed by atoms with van der Waals surface area (Å²) >= 11 is 10.8. The Labute approximate surface area is 127 Å². The van der Waals surface area contributed by atoms with Gasteiger partial charge in [-0.05, 0) is 36.8 Å². The zero-order chi connectivity index (χ0) is 15.1. The standard InChI is InChI=1S/C13H15ClN2O3S/c1-2-3-4-11(17)16-13(20)15-8-5-6-9(12(18)19)10(14)7-8/h5-7H,2-4H2,1H3,(H,18,19)(H2,15,16,17,20)/p-1. The molecule has 0 aliphatic rings. The molecule has 1 rings (SSSR count). The van der Waals surface area contributed by atoms with Gasteiger partial charge in [-0.2, -0.15) is 0 Å². The summed E-state index contributed by atoms with van der Waals surface area (Å²) in [7, 11) is 0. The normalized spacial score (nSPS) is 9.90. The van der Waals surface area contributed by atoms with Crippen molar-refractivity contribution in [1.82, 2.24) is 5.32 Å². The number of carbonyl (C=O) groups is 2. The molecule has 1 aromatic rings. The summed E-state index contributed by atoms with van der Waals surface area (Å²) in [4.78, 5) is 22.2. The maximum atomic E-state index is 11.5. The second-order valence-electron chi connectivity index (χ2n) is 4.09. The van der Waals surface area contributed by atoms with Crippen molar-refractivity contribution in [3.63, 3.8) is 0 Å². The van der Waals surface area contributed by atoms with Gasteiger partial charge < -0.3 is 20.5 Å². The predicted molar refractivity (Wildman–Crippen MR) is 79.7 cm³/mol. The van der Waals surface area contributed by atoms with E-state index in [1.54, 1.807) is 0 Å². The van der Waals surface area contributed by atoms with Crippen molar-refractivity contribution < 1.29 is 14.7 Å². The molecule has 0 aromatic heterocycles. The Bertz CT molecular complexity index is 534. The lowest BCUT2D eigenvalue weighted by Crippen LogP contribution is -2.33. The van der Waals surface area contributed by atoms with Crippen molar-refractivity contribution in [2.75, 3.05) is 5.32 Å². The molecule has 2 N–H and O–H groups in total. The van der Waals surface area contributed by atoms with Gasteiger partial charge in [0.15, 0.2) is 5.11 Å². The smallest absolute Gasteiger partial charge is 0.226 e. The van der Waals surface area contributed by atoms with Gasteiger partial charge in [0, 0.05) is 17.7 Å². The minimum atomic E-state index is -1.35. The lowest BCUT2D eigenvalue weighted by molar-refractivity contribution is -0.255. The van der Waals surface area contributed by atoms with E-state index in [2.05, 4.69) is 10.6 Å². The molecule has 0 saturated heterocycles. The van der Waals surface area contributed by atoms with Crippen LogP contribution < -0.4 is 15.7 Å². The van der Waals surface area contributed by atoms with Gasteiger partial charge in [-0.15, -0.1) is 0 Å². The van der Waals surface area contributed by atoms with Crippen LogP contribution in [0.5, 0.6) is 0 Å². The SMILES string of the molecule is CCCCC(=O)NC(=S)Nc1ccc(C(=O)[O-])c(Cl)c1. The first kappa shape index (κ1) is 16.4. The highest BCUT2D eigenvalue weighted by Gasteiger charge is 2.06. The third kappa shape index (κ3) is 5.14. The lowest BCUT2D eigenvalue weighted by Gasteiger charge is -2.11. The van der Waals surface area contributed by atoms with E-state index in [1.165, 1.54) is 18.2 Å². The number of carbonyl (C=O) groups excluding carboxylic acids is 2. The number of carboxylic acids is 1. The largest absolute Gasteiger partial charge is 0.545 e. The molecule has 0 heterocycles. The Balaban J connectivity index is 2.60. The molecule has 0 bridgehead atoms. The Hall–Kier alpha value is -1.66. The molecular formula is C13H14ClN2O3S-. The van der Waals surface area contributed by atoms with E-state index in [1.807, 2.05) is 6.92 Å². The molecule has 1 aromatic carbocycles. The molecule has 0 spiro atoms. The van der Waals surface area contributed by atoms with Gasteiger partial charge >= 0.3 is 0 Å². The Kier molecular flexibility index (Phi) is 6.41. The van der Waals surface area contributed by atoms with Crippen LogP contribution in [-0.4, -0.2) is 17.0 Å². The zero-order valence-electron chi connectivity index (χ0n) is 10.9. The molecule has 0 aliphatic heterocycles. The number of rotatable bonds is 5. The summed E-state index contributed by atoms with van der Waals surface area (Å²) in [6.45, 7) is 1.99. The number of thiocarbonyl (C=S) groups is 1. The number of halogens is 1. The fourth-order valence-corrected chi connectivity index (χ4v) is 1.94. The topological polar surface area (TPSA) is 81.3 Å². The summed E-state index contributed by atoms with van der Waals surface area (Å²) < 4.78 is 0. The number of unbranched alkanes of at least 4 members (excludes halogenated alkanes) is 1. The molecule has 5 nitrogen and oxygen atoms in total. The number of amides is 1. The Morgan fingerprint density at radius 3 is 2.65 bits per heavy atom. The number of carboxylic acid groups (broad SMARTS) is 1. The van der Waals surface area contributed by atoms with Crippen LogP contribution in [0, 0.1) is 0 Å². The molecule has 0 saturated carbocycles. The van der Waals surface area contributed by atoms with E-state index in [4.69, 9.17) is 23.8 Å². The first-order valence-corrected chi connectivity index (χ1v) is 6.84. The van der Waals surface area contributed by atoms with Crippen molar-refractivity contribution in [3.8, 4) is 0 Å².